The molecule has 1 aromatic heterocycles. The fourth-order valence-electron chi connectivity index (χ4n) is 6.09. The number of hydrogen-bond donors (Lipinski definition) is 1. The highest BCUT2D eigenvalue weighted by Crippen LogP contribution is 2.43. The number of anilines is 2. The van der Waals surface area contributed by atoms with Gasteiger partial charge in [-0.05, 0) is 53.1 Å². The van der Waals surface area contributed by atoms with Gasteiger partial charge in [-0.3, -0.25) is 4.90 Å². The maximum absolute atomic E-state index is 13.3. The lowest BCUT2D eigenvalue weighted by atomic mass is 9.89. The number of nitrogens with one attached hydrogen (secondary N) is 1. The Morgan fingerprint density at radius 1 is 1.02 bits per heavy atom. The Morgan fingerprint density at radius 2 is 1.72 bits per heavy atom. The molecule has 274 valence electrons. The van der Waals surface area contributed by atoms with Crippen molar-refractivity contribution >= 4 is 34.3 Å². The Labute approximate surface area is 302 Å². The number of fused-ring (bicyclic) bond motifs is 2. The number of likely N-dealkylation sites (N-methyl/N-ethyl adjacent to an activating group) is 1. The first-order valence-corrected chi connectivity index (χ1v) is 16.2. The van der Waals surface area contributed by atoms with E-state index in [0.717, 1.165) is 28.5 Å². The topological polar surface area (TPSA) is 153 Å². The number of allylic oxidation sites excluding steroid dienone is 1. The van der Waals surface area contributed by atoms with Gasteiger partial charge < -0.3 is 23.9 Å². The summed E-state index contributed by atoms with van der Waals surface area (Å²) in [5.74, 6) is -2.31. The van der Waals surface area contributed by atoms with Crippen LogP contribution in [0.1, 0.15) is 40.0 Å². The van der Waals surface area contributed by atoms with Crippen LogP contribution in [0.25, 0.3) is 10.8 Å². The normalized spacial score (nSPS) is 14.2. The molecule has 6 rings (SSSR count). The summed E-state index contributed by atoms with van der Waals surface area (Å²) < 4.78 is 49.9. The van der Waals surface area contributed by atoms with Crippen molar-refractivity contribution in [2.24, 2.45) is 0 Å². The second-order valence-corrected chi connectivity index (χ2v) is 13.1. The summed E-state index contributed by atoms with van der Waals surface area (Å²) >= 11 is 0. The fourth-order valence-corrected chi connectivity index (χ4v) is 6.09. The van der Waals surface area contributed by atoms with Crippen molar-refractivity contribution in [3.8, 4) is 11.8 Å². The van der Waals surface area contributed by atoms with Gasteiger partial charge in [0, 0.05) is 23.7 Å². The molecule has 53 heavy (non-hydrogen) atoms. The zero-order chi connectivity index (χ0) is 38.7. The number of alkyl halides is 3. The largest absolute Gasteiger partial charge is 0.573 e. The number of benzene rings is 4. The molecule has 0 saturated heterocycles. The summed E-state index contributed by atoms with van der Waals surface area (Å²) in [4.78, 5) is 38.6. The van der Waals surface area contributed by atoms with E-state index >= 15 is 0 Å². The molecular formula is C38H35F3N6O6. The second kappa shape index (κ2) is 15.1. The van der Waals surface area contributed by atoms with Gasteiger partial charge in [-0.15, -0.1) is 18.3 Å². The molecule has 12 nitrogen and oxygen atoms in total. The van der Waals surface area contributed by atoms with E-state index < -0.39 is 35.8 Å². The van der Waals surface area contributed by atoms with Crippen molar-refractivity contribution in [3.05, 3.63) is 129 Å². The SMILES string of the molecule is COC(=O)C1=C(C)N(c2cccc(OC(F)(F)F)c2)c2n[nH]c(=O)n2[C@@H]1c1ccc(C#N)cc1CC[N+](C)(C)C.O=C([O-])c1cccc2ccccc12. The lowest BCUT2D eigenvalue weighted by Crippen LogP contribution is -2.39. The number of ether oxygens (including phenoxy) is 2. The number of methoxy groups -OCH3 is 1. The van der Waals surface area contributed by atoms with Crippen LogP contribution in [0, 0.1) is 11.3 Å². The molecule has 15 heteroatoms. The summed E-state index contributed by atoms with van der Waals surface area (Å²) in [6, 6.07) is 23.8. The standard InChI is InChI=1S/C27H27F3N6O4.C11H8O2/c1-16-22(24(37)39-5)23(21-10-9-17(15-31)13-18(21)11-12-36(2,3)4)35-25(32-33-26(35)38)34(16)19-7-6-8-20(14-19)40-27(28,29)30;12-11(13)10-7-3-5-8-4-1-2-6-9(8)10/h6-10,13-14,23H,11-12H2,1-5H3;1-7H,(H,12,13)/t23-;/m1./s1. The van der Waals surface area contributed by atoms with Gasteiger partial charge >= 0.3 is 18.0 Å². The highest BCUT2D eigenvalue weighted by atomic mass is 19.4. The second-order valence-electron chi connectivity index (χ2n) is 13.1. The molecule has 0 bridgehead atoms. The molecule has 4 aromatic carbocycles. The van der Waals surface area contributed by atoms with Crippen molar-refractivity contribution in [2.75, 3.05) is 39.7 Å². The summed E-state index contributed by atoms with van der Waals surface area (Å²) in [6.45, 7) is 2.28. The van der Waals surface area contributed by atoms with Gasteiger partial charge in [0.05, 0.1) is 63.7 Å². The van der Waals surface area contributed by atoms with E-state index in [1.807, 2.05) is 45.4 Å². The van der Waals surface area contributed by atoms with Crippen LogP contribution in [0.5, 0.6) is 5.75 Å². The minimum absolute atomic E-state index is 0.0474. The quantitative estimate of drug-likeness (QED) is 0.172. The third-order valence-electron chi connectivity index (χ3n) is 8.49. The molecule has 0 spiro atoms. The number of carbonyl (C=O) groups excluding carboxylic acids is 2. The third kappa shape index (κ3) is 8.40. The summed E-state index contributed by atoms with van der Waals surface area (Å²) in [7, 11) is 7.26. The number of quaternary nitrogens is 1. The van der Waals surface area contributed by atoms with E-state index in [0.29, 0.717) is 28.6 Å². The first-order valence-electron chi connectivity index (χ1n) is 16.2. The Morgan fingerprint density at radius 3 is 2.38 bits per heavy atom. The van der Waals surface area contributed by atoms with E-state index in [-0.39, 0.29) is 28.5 Å². The molecule has 1 aliphatic rings. The molecule has 2 heterocycles. The number of aromatic carboxylic acids is 1. The molecule has 0 aliphatic carbocycles. The number of nitriles is 1. The van der Waals surface area contributed by atoms with Crippen LogP contribution in [0.15, 0.2) is 101 Å². The molecule has 1 N–H and O–H groups in total. The molecule has 0 amide bonds. The number of nitrogens with zero attached hydrogens (tertiary/aromatic N) is 5. The molecule has 5 aromatic rings. The number of hydrogen-bond acceptors (Lipinski definition) is 9. The molecule has 0 unspecified atom stereocenters. The average molecular weight is 729 g/mol. The molecule has 0 saturated carbocycles. The van der Waals surface area contributed by atoms with E-state index in [4.69, 9.17) is 4.74 Å². The number of aromatic nitrogens is 3. The fraction of sp³-hybridized carbons (Fsp3) is 0.237. The van der Waals surface area contributed by atoms with Crippen LogP contribution in [-0.2, 0) is 16.0 Å². The molecule has 0 radical (unpaired) electrons. The minimum atomic E-state index is -4.92. The van der Waals surface area contributed by atoms with Crippen molar-refractivity contribution < 1.29 is 41.8 Å². The number of esters is 1. The molecule has 1 atom stereocenters. The zero-order valence-electron chi connectivity index (χ0n) is 29.4. The Balaban J connectivity index is 0.000000347. The Kier molecular flexibility index (Phi) is 10.8. The number of carboxylic acids is 1. The third-order valence-corrected chi connectivity index (χ3v) is 8.49. The smallest absolute Gasteiger partial charge is 0.545 e. The number of carbonyl (C=O) groups is 2. The van der Waals surface area contributed by atoms with Crippen LogP contribution in [-0.4, -0.2) is 72.3 Å². The Bertz CT molecular complexity index is 2310. The van der Waals surface area contributed by atoms with E-state index in [1.165, 1.54) is 28.7 Å². The van der Waals surface area contributed by atoms with Crippen molar-refractivity contribution in [1.82, 2.24) is 14.8 Å². The highest BCUT2D eigenvalue weighted by molar-refractivity contribution is 6.02. The van der Waals surface area contributed by atoms with Gasteiger partial charge in [-0.2, -0.15) is 5.26 Å². The van der Waals surface area contributed by atoms with Gasteiger partial charge in [0.2, 0.25) is 5.95 Å². The zero-order valence-corrected chi connectivity index (χ0v) is 29.4. The molecule has 1 aliphatic heterocycles. The van der Waals surface area contributed by atoms with Crippen LogP contribution >= 0.6 is 0 Å². The lowest BCUT2D eigenvalue weighted by molar-refractivity contribution is -0.870. The van der Waals surface area contributed by atoms with Gasteiger partial charge in [0.25, 0.3) is 0 Å². The van der Waals surface area contributed by atoms with E-state index in [2.05, 4.69) is 21.0 Å². The monoisotopic (exact) mass is 728 g/mol. The van der Waals surface area contributed by atoms with Gasteiger partial charge in [-0.25, -0.2) is 19.3 Å². The van der Waals surface area contributed by atoms with Crippen LogP contribution in [0.2, 0.25) is 0 Å². The maximum atomic E-state index is 13.3. The minimum Gasteiger partial charge on any atom is -0.545 e. The van der Waals surface area contributed by atoms with Gasteiger partial charge in [0.1, 0.15) is 11.8 Å². The lowest BCUT2D eigenvalue weighted by Gasteiger charge is -2.36. The van der Waals surface area contributed by atoms with Crippen molar-refractivity contribution in [1.29, 1.82) is 5.26 Å². The first-order chi connectivity index (χ1) is 25.0. The van der Waals surface area contributed by atoms with Gasteiger partial charge in [0.15, 0.2) is 0 Å². The Hall–Kier alpha value is -6.40. The van der Waals surface area contributed by atoms with Crippen LogP contribution < -0.4 is 20.4 Å². The number of aromatic amines is 1. The van der Waals surface area contributed by atoms with Crippen molar-refractivity contribution in [3.63, 3.8) is 0 Å². The predicted molar refractivity (Wildman–Crippen MR) is 187 cm³/mol. The number of halogens is 3. The highest BCUT2D eigenvalue weighted by Gasteiger charge is 2.40. The van der Waals surface area contributed by atoms with E-state index in [1.54, 1.807) is 43.3 Å². The molecular weight excluding hydrogens is 693 g/mol. The summed E-state index contributed by atoms with van der Waals surface area (Å²) in [6.07, 6.45) is -4.39. The number of rotatable bonds is 8. The van der Waals surface area contributed by atoms with Gasteiger partial charge in [-0.1, -0.05) is 54.6 Å². The molecule has 0 fully saturated rings. The van der Waals surface area contributed by atoms with Crippen LogP contribution in [0.3, 0.4) is 0 Å². The number of carboxylic acid groups (broad SMARTS) is 1. The van der Waals surface area contributed by atoms with Crippen molar-refractivity contribution in [2.45, 2.75) is 25.7 Å². The predicted octanol–water partition coefficient (Wildman–Crippen LogP) is 4.98. The first kappa shape index (κ1) is 37.8. The maximum Gasteiger partial charge on any atom is 0.573 e. The van der Waals surface area contributed by atoms with Crippen LogP contribution in [0.4, 0.5) is 24.8 Å². The summed E-state index contributed by atoms with van der Waals surface area (Å²) in [5.41, 5.74) is 1.89. The number of H-pyrrole nitrogens is 1. The van der Waals surface area contributed by atoms with E-state index in [9.17, 15) is 37.9 Å². The summed E-state index contributed by atoms with van der Waals surface area (Å²) in [5, 5.41) is 28.4. The average Bonchev–Trinajstić information content (AvgIpc) is 3.49.